The van der Waals surface area contributed by atoms with Crippen LogP contribution in [0.25, 0.3) is 0 Å². The Bertz CT molecular complexity index is 1520. The van der Waals surface area contributed by atoms with Gasteiger partial charge >= 0.3 is 17.9 Å². The highest BCUT2D eigenvalue weighted by atomic mass is 16.6. The first-order valence-corrected chi connectivity index (χ1v) is 29.5. The molecular weight excluding hydrogens is 889 g/mol. The van der Waals surface area contributed by atoms with Crippen molar-refractivity contribution in [2.24, 2.45) is 0 Å². The summed E-state index contributed by atoms with van der Waals surface area (Å²) in [4.78, 5) is 37.9. The lowest BCUT2D eigenvalue weighted by atomic mass is 10.1. The number of hydrogen-bond donors (Lipinski definition) is 0. The predicted molar refractivity (Wildman–Crippen MR) is 311 cm³/mol. The fourth-order valence-electron chi connectivity index (χ4n) is 7.78. The van der Waals surface area contributed by atoms with Gasteiger partial charge in [0, 0.05) is 19.3 Å². The highest BCUT2D eigenvalue weighted by Gasteiger charge is 2.19. The molecule has 0 fully saturated rings. The normalized spacial score (nSPS) is 13.0. The van der Waals surface area contributed by atoms with E-state index in [9.17, 15) is 14.4 Å². The van der Waals surface area contributed by atoms with Crippen molar-refractivity contribution in [2.45, 2.75) is 264 Å². The fraction of sp³-hybridized carbons (Fsp3) is 0.652. The molecule has 0 aliphatic rings. The Hall–Kier alpha value is -4.19. The van der Waals surface area contributed by atoms with Crippen LogP contribution >= 0.6 is 0 Å². The molecule has 408 valence electrons. The molecule has 1 atom stereocenters. The molecule has 6 heteroatoms. The number of carbonyl (C=O) groups is 3. The quantitative estimate of drug-likeness (QED) is 0.0261. The van der Waals surface area contributed by atoms with Crippen molar-refractivity contribution in [1.82, 2.24) is 0 Å². The molecule has 0 heterocycles. The maximum atomic E-state index is 12.8. The van der Waals surface area contributed by atoms with Gasteiger partial charge in [0.1, 0.15) is 13.2 Å². The summed E-state index contributed by atoms with van der Waals surface area (Å²) < 4.78 is 16.7. The molecule has 6 nitrogen and oxygen atoms in total. The first kappa shape index (κ1) is 67.8. The minimum atomic E-state index is -0.793. The number of allylic oxidation sites excluding steroid dienone is 20. The minimum Gasteiger partial charge on any atom is -0.462 e. The highest BCUT2D eigenvalue weighted by molar-refractivity contribution is 5.71. The van der Waals surface area contributed by atoms with Gasteiger partial charge in [-0.3, -0.25) is 14.4 Å². The SMILES string of the molecule is CC/C=C\C/C=C\C/C=C\C/C=C\C/C=C\C/C=C\C/C=C\C/C=C\C/C=C\CCCCCC(=O)OCC(COC(=O)CCCCCCCC)OC(=O)CCCCCCCCC/C=C\CCCCCCCC. The zero-order valence-electron chi connectivity index (χ0n) is 46.7. The van der Waals surface area contributed by atoms with E-state index in [0.29, 0.717) is 19.3 Å². The van der Waals surface area contributed by atoms with Crippen molar-refractivity contribution in [3.8, 4) is 0 Å². The van der Waals surface area contributed by atoms with Crippen LogP contribution in [0.5, 0.6) is 0 Å². The second-order valence-electron chi connectivity index (χ2n) is 19.2. The summed E-state index contributed by atoms with van der Waals surface area (Å²) in [5.74, 6) is -0.942. The Morgan fingerprint density at radius 3 is 0.875 bits per heavy atom. The third-order valence-electron chi connectivity index (χ3n) is 12.2. The molecule has 0 aliphatic carbocycles. The van der Waals surface area contributed by atoms with Crippen LogP contribution in [0.4, 0.5) is 0 Å². The Labute approximate surface area is 443 Å². The summed E-state index contributed by atoms with van der Waals surface area (Å²) in [5, 5.41) is 0. The zero-order valence-corrected chi connectivity index (χ0v) is 46.7. The number of carbonyl (C=O) groups excluding carboxylic acids is 3. The lowest BCUT2D eigenvalue weighted by Crippen LogP contribution is -2.30. The molecule has 1 unspecified atom stereocenters. The molecule has 0 aromatic carbocycles. The average molecular weight is 998 g/mol. The molecule has 0 bridgehead atoms. The molecule has 0 N–H and O–H groups in total. The summed E-state index contributed by atoms with van der Waals surface area (Å²) >= 11 is 0. The van der Waals surface area contributed by atoms with Crippen LogP contribution in [0.15, 0.2) is 122 Å². The van der Waals surface area contributed by atoms with Gasteiger partial charge in [-0.05, 0) is 116 Å². The van der Waals surface area contributed by atoms with Crippen LogP contribution in [0.1, 0.15) is 258 Å². The number of ether oxygens (including phenoxy) is 3. The van der Waals surface area contributed by atoms with Gasteiger partial charge in [0.15, 0.2) is 6.10 Å². The largest absolute Gasteiger partial charge is 0.462 e. The Morgan fingerprint density at radius 1 is 0.292 bits per heavy atom. The first-order valence-electron chi connectivity index (χ1n) is 29.5. The Balaban J connectivity index is 4.22. The smallest absolute Gasteiger partial charge is 0.306 e. The predicted octanol–water partition coefficient (Wildman–Crippen LogP) is 20.0. The van der Waals surface area contributed by atoms with Gasteiger partial charge in [0.05, 0.1) is 0 Å². The molecule has 72 heavy (non-hydrogen) atoms. The second kappa shape index (κ2) is 59.4. The monoisotopic (exact) mass is 997 g/mol. The van der Waals surface area contributed by atoms with Crippen LogP contribution in [0.3, 0.4) is 0 Å². The molecule has 0 spiro atoms. The zero-order chi connectivity index (χ0) is 52.2. The van der Waals surface area contributed by atoms with Crippen LogP contribution in [-0.4, -0.2) is 37.2 Å². The van der Waals surface area contributed by atoms with Crippen molar-refractivity contribution < 1.29 is 28.6 Å². The number of hydrogen-bond acceptors (Lipinski definition) is 6. The van der Waals surface area contributed by atoms with E-state index in [0.717, 1.165) is 122 Å². The fourth-order valence-corrected chi connectivity index (χ4v) is 7.78. The minimum absolute atomic E-state index is 0.0920. The molecular formula is C66H108O6. The van der Waals surface area contributed by atoms with Crippen LogP contribution < -0.4 is 0 Å². The van der Waals surface area contributed by atoms with E-state index in [1.54, 1.807) is 0 Å². The molecule has 0 amide bonds. The summed E-state index contributed by atoms with van der Waals surface area (Å²) in [6.07, 6.45) is 82.3. The van der Waals surface area contributed by atoms with E-state index < -0.39 is 6.10 Å². The van der Waals surface area contributed by atoms with E-state index in [2.05, 4.69) is 142 Å². The topological polar surface area (TPSA) is 78.9 Å². The van der Waals surface area contributed by atoms with Gasteiger partial charge in [-0.2, -0.15) is 0 Å². The summed E-state index contributed by atoms with van der Waals surface area (Å²) in [5.41, 5.74) is 0. The van der Waals surface area contributed by atoms with Gasteiger partial charge in [0.2, 0.25) is 0 Å². The Morgan fingerprint density at radius 2 is 0.542 bits per heavy atom. The molecule has 0 aliphatic heterocycles. The van der Waals surface area contributed by atoms with E-state index in [-0.39, 0.29) is 31.1 Å². The van der Waals surface area contributed by atoms with Crippen molar-refractivity contribution in [3.63, 3.8) is 0 Å². The van der Waals surface area contributed by atoms with Gasteiger partial charge in [0.25, 0.3) is 0 Å². The summed E-state index contributed by atoms with van der Waals surface area (Å²) in [7, 11) is 0. The van der Waals surface area contributed by atoms with E-state index in [4.69, 9.17) is 14.2 Å². The summed E-state index contributed by atoms with van der Waals surface area (Å²) in [6, 6.07) is 0. The van der Waals surface area contributed by atoms with Gasteiger partial charge in [-0.1, -0.05) is 245 Å². The van der Waals surface area contributed by atoms with Gasteiger partial charge < -0.3 is 14.2 Å². The number of rotatable bonds is 52. The molecule has 0 rings (SSSR count). The van der Waals surface area contributed by atoms with E-state index in [1.807, 2.05) is 0 Å². The standard InChI is InChI=1S/C66H108O6/c1-4-7-10-13-16-18-20-22-24-26-27-28-29-30-31-32-33-34-35-36-37-38-39-41-42-44-46-48-50-53-56-59-65(68)71-62-63(61-70-64(67)58-55-52-15-12-9-6-3)72-66(69)60-57-54-51-49-47-45-43-40-25-23-21-19-17-14-11-8-5-2/h7,10,16,18,22-25,27-28,30-31,33-34,36-37,39,41,44,46,63H,4-6,8-9,11-15,17,19-21,26,29,32,35,38,40,42-43,45,47-62H2,1-3H3/b10-7-,18-16-,24-22-,25-23-,28-27-,31-30-,34-33-,37-36-,41-39-,46-44-. The third-order valence-corrected chi connectivity index (χ3v) is 12.2. The van der Waals surface area contributed by atoms with Crippen LogP contribution in [0.2, 0.25) is 0 Å². The number of unbranched alkanes of at least 4 members (excludes halogenated alkanes) is 21. The van der Waals surface area contributed by atoms with Gasteiger partial charge in [-0.25, -0.2) is 0 Å². The molecule has 0 aromatic heterocycles. The van der Waals surface area contributed by atoms with E-state index >= 15 is 0 Å². The molecule has 0 saturated carbocycles. The van der Waals surface area contributed by atoms with Crippen molar-refractivity contribution >= 4 is 17.9 Å². The van der Waals surface area contributed by atoms with Crippen LogP contribution in [0, 0.1) is 0 Å². The van der Waals surface area contributed by atoms with Gasteiger partial charge in [-0.15, -0.1) is 0 Å². The molecule has 0 saturated heterocycles. The van der Waals surface area contributed by atoms with Crippen LogP contribution in [-0.2, 0) is 28.6 Å². The van der Waals surface area contributed by atoms with Crippen molar-refractivity contribution in [1.29, 1.82) is 0 Å². The van der Waals surface area contributed by atoms with Crippen molar-refractivity contribution in [3.05, 3.63) is 122 Å². The third kappa shape index (κ3) is 56.7. The van der Waals surface area contributed by atoms with E-state index in [1.165, 1.54) is 96.3 Å². The maximum Gasteiger partial charge on any atom is 0.306 e. The second-order valence-corrected chi connectivity index (χ2v) is 19.2. The lowest BCUT2D eigenvalue weighted by Gasteiger charge is -2.18. The lowest BCUT2D eigenvalue weighted by molar-refractivity contribution is -0.167. The molecule has 0 radical (unpaired) electrons. The number of esters is 3. The highest BCUT2D eigenvalue weighted by Crippen LogP contribution is 2.14. The first-order chi connectivity index (χ1) is 35.5. The van der Waals surface area contributed by atoms with Crippen molar-refractivity contribution in [2.75, 3.05) is 13.2 Å². The molecule has 0 aromatic rings. The summed E-state index contributed by atoms with van der Waals surface area (Å²) in [6.45, 7) is 6.43. The Kier molecular flexibility index (Phi) is 55.9. The average Bonchev–Trinajstić information content (AvgIpc) is 3.38. The maximum absolute atomic E-state index is 12.8.